The highest BCUT2D eigenvalue weighted by atomic mass is 15.0. The van der Waals surface area contributed by atoms with Gasteiger partial charge in [-0.25, -0.2) is 0 Å². The van der Waals surface area contributed by atoms with E-state index in [-0.39, 0.29) is 11.3 Å². The van der Waals surface area contributed by atoms with Crippen LogP contribution < -0.4 is 0 Å². The predicted octanol–water partition coefficient (Wildman–Crippen LogP) is 9.50. The van der Waals surface area contributed by atoms with Gasteiger partial charge in [-0.15, -0.1) is 0 Å². The molecule has 0 amide bonds. The first-order chi connectivity index (χ1) is 19.1. The van der Waals surface area contributed by atoms with Crippen LogP contribution in [0.2, 0.25) is 0 Å². The maximum atomic E-state index is 4.13. The molecule has 2 heteroatoms. The lowest BCUT2D eigenvalue weighted by molar-refractivity contribution is 0.411. The van der Waals surface area contributed by atoms with E-state index in [1.807, 2.05) is 31.5 Å². The Morgan fingerprint density at radius 3 is 2.62 bits per heavy atom. The molecule has 0 aliphatic heterocycles. The first-order valence-electron chi connectivity index (χ1n) is 13.8. The van der Waals surface area contributed by atoms with Crippen molar-refractivity contribution in [1.29, 1.82) is 0 Å². The summed E-state index contributed by atoms with van der Waals surface area (Å²) in [6.07, 6.45) is 31.4. The Bertz CT molecular complexity index is 1700. The Morgan fingerprint density at radius 1 is 0.923 bits per heavy atom. The van der Waals surface area contributed by atoms with Crippen molar-refractivity contribution < 1.29 is 0 Å². The smallest absolute Gasteiger partial charge is 0.0531 e. The number of hydrogen-bond donors (Lipinski definition) is 0. The third-order valence-electron chi connectivity index (χ3n) is 7.91. The summed E-state index contributed by atoms with van der Waals surface area (Å²) < 4.78 is 2.40. The zero-order valence-electron chi connectivity index (χ0n) is 22.9. The molecule has 6 rings (SSSR count). The average molecular weight is 507 g/mol. The summed E-state index contributed by atoms with van der Waals surface area (Å²) in [6, 6.07) is 17.4. The van der Waals surface area contributed by atoms with Gasteiger partial charge in [-0.05, 0) is 70.9 Å². The van der Waals surface area contributed by atoms with Crippen LogP contribution in [0.3, 0.4) is 0 Å². The minimum Gasteiger partial charge on any atom is -0.316 e. The molecule has 2 aliphatic carbocycles. The first-order valence-corrected chi connectivity index (χ1v) is 13.8. The van der Waals surface area contributed by atoms with Gasteiger partial charge in [0.25, 0.3) is 0 Å². The van der Waals surface area contributed by atoms with Gasteiger partial charge in [-0.1, -0.05) is 105 Å². The van der Waals surface area contributed by atoms with E-state index in [9.17, 15) is 0 Å². The Hall–Kier alpha value is -4.43. The van der Waals surface area contributed by atoms with Gasteiger partial charge in [0.05, 0.1) is 11.2 Å². The van der Waals surface area contributed by atoms with Gasteiger partial charge < -0.3 is 4.57 Å². The van der Waals surface area contributed by atoms with Crippen molar-refractivity contribution in [2.24, 2.45) is 5.41 Å². The summed E-state index contributed by atoms with van der Waals surface area (Å²) in [5.41, 5.74) is 10.4. The molecule has 0 saturated heterocycles. The summed E-state index contributed by atoms with van der Waals surface area (Å²) in [5, 5.41) is 1.31. The quantitative estimate of drug-likeness (QED) is 0.238. The van der Waals surface area contributed by atoms with Gasteiger partial charge >= 0.3 is 0 Å². The van der Waals surface area contributed by atoms with Crippen molar-refractivity contribution in [2.45, 2.75) is 33.1 Å². The number of benzene rings is 2. The Labute approximate surface area is 231 Å². The molecule has 192 valence electrons. The summed E-state index contributed by atoms with van der Waals surface area (Å²) in [6.45, 7) is 6.76. The maximum Gasteiger partial charge on any atom is 0.0531 e. The molecular formula is C37H34N2. The highest BCUT2D eigenvalue weighted by molar-refractivity contribution is 5.88. The Kier molecular flexibility index (Phi) is 6.62. The van der Waals surface area contributed by atoms with Crippen molar-refractivity contribution in [3.05, 3.63) is 149 Å². The van der Waals surface area contributed by atoms with E-state index >= 15 is 0 Å². The monoisotopic (exact) mass is 506 g/mol. The lowest BCUT2D eigenvalue weighted by Gasteiger charge is -2.40. The minimum absolute atomic E-state index is 0.00296. The SMILES string of the molecule is C/C=C\C=C/Cc1cn(-c2ccc3c4c2C=C/C(=C/C=C/c2ccncc2)C4C(C)(C)C=C3)c2ccccc12. The van der Waals surface area contributed by atoms with Crippen molar-refractivity contribution in [3.8, 4) is 5.69 Å². The van der Waals surface area contributed by atoms with Crippen LogP contribution in [-0.4, -0.2) is 9.55 Å². The second kappa shape index (κ2) is 10.4. The van der Waals surface area contributed by atoms with Crippen molar-refractivity contribution in [3.63, 3.8) is 0 Å². The van der Waals surface area contributed by atoms with Gasteiger partial charge in [-0.3, -0.25) is 4.98 Å². The second-order valence-corrected chi connectivity index (χ2v) is 10.9. The molecule has 2 aromatic carbocycles. The number of para-hydroxylation sites is 1. The van der Waals surface area contributed by atoms with Crippen molar-refractivity contribution >= 4 is 29.1 Å². The third-order valence-corrected chi connectivity index (χ3v) is 7.91. The van der Waals surface area contributed by atoms with Gasteiger partial charge in [0.15, 0.2) is 0 Å². The maximum absolute atomic E-state index is 4.13. The van der Waals surface area contributed by atoms with Crippen molar-refractivity contribution in [1.82, 2.24) is 9.55 Å². The van der Waals surface area contributed by atoms with E-state index in [2.05, 4.69) is 133 Å². The Morgan fingerprint density at radius 2 is 1.77 bits per heavy atom. The molecule has 4 aromatic rings. The standard InChI is InChI=1S/C37H34N2/c1-4-5-6-7-12-30-26-39(33-15-9-8-14-31(30)33)34-19-17-28-20-23-37(2,3)36-29(16-18-32(34)35(28)36)13-10-11-27-21-24-38-25-22-27/h4-11,13-26,36H,12H2,1-3H3/b5-4-,7-6-,11-10+,29-13-. The van der Waals surface area contributed by atoms with Gasteiger partial charge in [0.2, 0.25) is 0 Å². The van der Waals surface area contributed by atoms with E-state index in [4.69, 9.17) is 0 Å². The van der Waals surface area contributed by atoms with E-state index in [1.54, 1.807) is 0 Å². The van der Waals surface area contributed by atoms with Crippen LogP contribution in [-0.2, 0) is 6.42 Å². The van der Waals surface area contributed by atoms with Crippen LogP contribution >= 0.6 is 0 Å². The predicted molar refractivity (Wildman–Crippen MR) is 167 cm³/mol. The number of pyridine rings is 1. The normalized spacial score (nSPS) is 18.7. The highest BCUT2D eigenvalue weighted by Gasteiger charge is 2.38. The van der Waals surface area contributed by atoms with E-state index in [0.29, 0.717) is 0 Å². The molecule has 0 saturated carbocycles. The third kappa shape index (κ3) is 4.68. The zero-order chi connectivity index (χ0) is 26.8. The molecule has 0 bridgehead atoms. The molecule has 1 atom stereocenters. The molecule has 0 fully saturated rings. The fraction of sp³-hybridized carbons (Fsp3) is 0.162. The molecule has 2 nitrogen and oxygen atoms in total. The molecule has 2 aliphatic rings. The van der Waals surface area contributed by atoms with Crippen LogP contribution in [0.15, 0.2) is 121 Å². The van der Waals surface area contributed by atoms with E-state index in [1.165, 1.54) is 44.4 Å². The van der Waals surface area contributed by atoms with E-state index < -0.39 is 0 Å². The molecule has 2 aromatic heterocycles. The second-order valence-electron chi connectivity index (χ2n) is 10.9. The van der Waals surface area contributed by atoms with Gasteiger partial charge in [-0.2, -0.15) is 0 Å². The number of allylic oxidation sites excluding steroid dienone is 9. The summed E-state index contributed by atoms with van der Waals surface area (Å²) in [5.74, 6) is 0.282. The van der Waals surface area contributed by atoms with Gasteiger partial charge in [0.1, 0.15) is 0 Å². The number of aromatic nitrogens is 2. The molecule has 2 heterocycles. The summed E-state index contributed by atoms with van der Waals surface area (Å²) >= 11 is 0. The van der Waals surface area contributed by atoms with Crippen LogP contribution in [0.25, 0.3) is 34.8 Å². The molecule has 1 unspecified atom stereocenters. The zero-order valence-corrected chi connectivity index (χ0v) is 22.9. The van der Waals surface area contributed by atoms with Gasteiger partial charge in [0, 0.05) is 35.5 Å². The largest absolute Gasteiger partial charge is 0.316 e. The number of hydrogen-bond acceptors (Lipinski definition) is 1. The summed E-state index contributed by atoms with van der Waals surface area (Å²) in [7, 11) is 0. The first kappa shape index (κ1) is 24.9. The molecular weight excluding hydrogens is 472 g/mol. The topological polar surface area (TPSA) is 17.8 Å². The van der Waals surface area contributed by atoms with Crippen LogP contribution in [0.5, 0.6) is 0 Å². The van der Waals surface area contributed by atoms with Crippen molar-refractivity contribution in [2.75, 3.05) is 0 Å². The molecule has 0 N–H and O–H groups in total. The molecule has 0 spiro atoms. The average Bonchev–Trinajstić information content (AvgIpc) is 3.32. The lowest BCUT2D eigenvalue weighted by atomic mass is 9.63. The summed E-state index contributed by atoms with van der Waals surface area (Å²) in [4.78, 5) is 4.13. The molecule has 0 radical (unpaired) electrons. The number of nitrogens with zero attached hydrogens (tertiary/aromatic N) is 2. The lowest BCUT2D eigenvalue weighted by Crippen LogP contribution is -2.27. The fourth-order valence-electron chi connectivity index (χ4n) is 6.03. The Balaban J connectivity index is 1.47. The van der Waals surface area contributed by atoms with Crippen LogP contribution in [0.1, 0.15) is 54.5 Å². The highest BCUT2D eigenvalue weighted by Crippen LogP contribution is 2.52. The van der Waals surface area contributed by atoms with E-state index in [0.717, 1.165) is 12.0 Å². The number of fused-ring (bicyclic) bond motifs is 1. The number of rotatable bonds is 6. The fourth-order valence-corrected chi connectivity index (χ4v) is 6.03. The molecule has 39 heavy (non-hydrogen) atoms. The minimum atomic E-state index is 0.00296. The van der Waals surface area contributed by atoms with Crippen LogP contribution in [0.4, 0.5) is 0 Å². The van der Waals surface area contributed by atoms with Crippen LogP contribution in [0, 0.1) is 5.41 Å².